The number of aromatic nitrogens is 1. The van der Waals surface area contributed by atoms with Crippen molar-refractivity contribution in [3.05, 3.63) is 65.2 Å². The zero-order valence-corrected chi connectivity index (χ0v) is 13.8. The second-order valence-electron chi connectivity index (χ2n) is 6.04. The van der Waals surface area contributed by atoms with Gasteiger partial charge in [-0.25, -0.2) is 13.8 Å². The first-order chi connectivity index (χ1) is 12.0. The molecule has 1 aromatic heterocycles. The lowest BCUT2D eigenvalue weighted by atomic mass is 10.0. The highest BCUT2D eigenvalue weighted by Gasteiger charge is 2.26. The fourth-order valence-corrected chi connectivity index (χ4v) is 3.07. The molecular formula is C18H18F3N3O. The molecule has 0 spiro atoms. The molecule has 0 N–H and O–H groups in total. The molecule has 1 aliphatic heterocycles. The molecule has 1 amide bonds. The van der Waals surface area contributed by atoms with Gasteiger partial charge in [-0.15, -0.1) is 0 Å². The summed E-state index contributed by atoms with van der Waals surface area (Å²) in [5.41, 5.74) is 0.691. The fraction of sp³-hybridized carbons (Fsp3) is 0.333. The highest BCUT2D eigenvalue weighted by molar-refractivity contribution is 5.94. The number of hydrogen-bond acceptors (Lipinski definition) is 3. The van der Waals surface area contributed by atoms with Gasteiger partial charge in [-0.3, -0.25) is 9.69 Å². The van der Waals surface area contributed by atoms with Crippen molar-refractivity contribution in [2.45, 2.75) is 13.0 Å². The molecule has 4 nitrogen and oxygen atoms in total. The summed E-state index contributed by atoms with van der Waals surface area (Å²) in [6.07, 6.45) is 1.26. The van der Waals surface area contributed by atoms with Gasteiger partial charge in [0.1, 0.15) is 11.6 Å². The third-order valence-corrected chi connectivity index (χ3v) is 4.54. The Hall–Kier alpha value is -2.41. The summed E-state index contributed by atoms with van der Waals surface area (Å²) in [6, 6.07) is 5.94. The summed E-state index contributed by atoms with van der Waals surface area (Å²) >= 11 is 0. The van der Waals surface area contributed by atoms with Crippen LogP contribution in [-0.2, 0) is 0 Å². The molecule has 1 atom stereocenters. The van der Waals surface area contributed by atoms with Crippen LogP contribution in [0.1, 0.15) is 28.9 Å². The van der Waals surface area contributed by atoms with Crippen LogP contribution in [0.5, 0.6) is 0 Å². The minimum Gasteiger partial charge on any atom is -0.336 e. The van der Waals surface area contributed by atoms with Gasteiger partial charge in [0.05, 0.1) is 0 Å². The van der Waals surface area contributed by atoms with E-state index in [0.29, 0.717) is 31.7 Å². The van der Waals surface area contributed by atoms with E-state index < -0.39 is 17.6 Å². The molecule has 0 radical (unpaired) electrons. The third kappa shape index (κ3) is 3.82. The van der Waals surface area contributed by atoms with Crippen LogP contribution in [0.2, 0.25) is 0 Å². The third-order valence-electron chi connectivity index (χ3n) is 4.54. The molecule has 7 heteroatoms. The summed E-state index contributed by atoms with van der Waals surface area (Å²) in [5, 5.41) is 0. The Morgan fingerprint density at radius 3 is 2.44 bits per heavy atom. The van der Waals surface area contributed by atoms with Gasteiger partial charge < -0.3 is 4.90 Å². The smallest absolute Gasteiger partial charge is 0.254 e. The Morgan fingerprint density at radius 2 is 1.80 bits per heavy atom. The predicted octanol–water partition coefficient (Wildman–Crippen LogP) is 3.02. The van der Waals surface area contributed by atoms with Crippen LogP contribution in [-0.4, -0.2) is 46.9 Å². The first-order valence-corrected chi connectivity index (χ1v) is 8.05. The topological polar surface area (TPSA) is 36.4 Å². The van der Waals surface area contributed by atoms with Crippen molar-refractivity contribution in [3.8, 4) is 0 Å². The lowest BCUT2D eigenvalue weighted by Gasteiger charge is -2.38. The normalized spacial score (nSPS) is 16.7. The molecule has 0 saturated carbocycles. The number of benzene rings is 1. The van der Waals surface area contributed by atoms with E-state index in [1.165, 1.54) is 24.4 Å². The van der Waals surface area contributed by atoms with E-state index >= 15 is 0 Å². The standard InChI is InChI=1S/C18H18F3N3O/c1-12(15-3-2-14(19)11-16(15)20)23-6-8-24(9-7-23)18(25)13-4-5-22-17(21)10-13/h2-5,10-12H,6-9H2,1H3. The van der Waals surface area contributed by atoms with E-state index in [9.17, 15) is 18.0 Å². The first kappa shape index (κ1) is 17.4. The minimum absolute atomic E-state index is 0.226. The number of carbonyl (C=O) groups is 1. The van der Waals surface area contributed by atoms with Crippen LogP contribution in [0.3, 0.4) is 0 Å². The van der Waals surface area contributed by atoms with Crippen LogP contribution in [0, 0.1) is 17.6 Å². The highest BCUT2D eigenvalue weighted by Crippen LogP contribution is 2.25. The fourth-order valence-electron chi connectivity index (χ4n) is 3.07. The molecule has 1 aliphatic rings. The van der Waals surface area contributed by atoms with Crippen molar-refractivity contribution in [1.29, 1.82) is 0 Å². The monoisotopic (exact) mass is 349 g/mol. The number of halogens is 3. The van der Waals surface area contributed by atoms with E-state index in [1.54, 1.807) is 4.90 Å². The molecule has 1 unspecified atom stereocenters. The Balaban J connectivity index is 1.64. The van der Waals surface area contributed by atoms with E-state index in [0.717, 1.165) is 12.1 Å². The summed E-state index contributed by atoms with van der Waals surface area (Å²) in [6.45, 7) is 3.87. The molecular weight excluding hydrogens is 331 g/mol. The van der Waals surface area contributed by atoms with Gasteiger partial charge in [0.2, 0.25) is 5.95 Å². The Labute approximate surface area is 143 Å². The molecule has 1 aromatic carbocycles. The van der Waals surface area contributed by atoms with Crippen molar-refractivity contribution in [2.24, 2.45) is 0 Å². The van der Waals surface area contributed by atoms with Gasteiger partial charge in [-0.05, 0) is 19.1 Å². The number of pyridine rings is 1. The molecule has 1 saturated heterocycles. The zero-order chi connectivity index (χ0) is 18.0. The van der Waals surface area contributed by atoms with Crippen molar-refractivity contribution in [3.63, 3.8) is 0 Å². The van der Waals surface area contributed by atoms with Crippen LogP contribution >= 0.6 is 0 Å². The van der Waals surface area contributed by atoms with Crippen LogP contribution < -0.4 is 0 Å². The maximum atomic E-state index is 13.9. The second-order valence-corrected chi connectivity index (χ2v) is 6.04. The van der Waals surface area contributed by atoms with Gasteiger partial charge in [0.25, 0.3) is 5.91 Å². The SMILES string of the molecule is CC(c1ccc(F)cc1F)N1CCN(C(=O)c2ccnc(F)c2)CC1. The average molecular weight is 349 g/mol. The minimum atomic E-state index is -0.690. The van der Waals surface area contributed by atoms with Crippen LogP contribution in [0.4, 0.5) is 13.2 Å². The molecule has 132 valence electrons. The van der Waals surface area contributed by atoms with Gasteiger partial charge in [-0.2, -0.15) is 4.39 Å². The molecule has 1 fully saturated rings. The average Bonchev–Trinajstić information content (AvgIpc) is 2.61. The lowest BCUT2D eigenvalue weighted by molar-refractivity contribution is 0.0578. The maximum Gasteiger partial charge on any atom is 0.254 e. The number of carbonyl (C=O) groups excluding carboxylic acids is 1. The predicted molar refractivity (Wildman–Crippen MR) is 86.4 cm³/mol. The molecule has 2 heterocycles. The van der Waals surface area contributed by atoms with Gasteiger partial charge >= 0.3 is 0 Å². The highest BCUT2D eigenvalue weighted by atomic mass is 19.1. The Kier molecular flexibility index (Phi) is 5.03. The number of amides is 1. The van der Waals surface area contributed by atoms with Crippen molar-refractivity contribution in [2.75, 3.05) is 26.2 Å². The largest absolute Gasteiger partial charge is 0.336 e. The molecule has 25 heavy (non-hydrogen) atoms. The molecule has 2 aromatic rings. The Bertz CT molecular complexity index is 776. The first-order valence-electron chi connectivity index (χ1n) is 8.05. The molecule has 0 bridgehead atoms. The summed E-state index contributed by atoms with van der Waals surface area (Å²) < 4.78 is 40.2. The summed E-state index contributed by atoms with van der Waals surface area (Å²) in [5.74, 6) is -2.11. The van der Waals surface area contributed by atoms with Gasteiger partial charge in [0, 0.05) is 61.7 Å². The quantitative estimate of drug-likeness (QED) is 0.800. The van der Waals surface area contributed by atoms with E-state index in [1.807, 2.05) is 11.8 Å². The van der Waals surface area contributed by atoms with E-state index in [2.05, 4.69) is 4.98 Å². The number of rotatable bonds is 3. The Morgan fingerprint density at radius 1 is 1.08 bits per heavy atom. The van der Waals surface area contributed by atoms with Crippen molar-refractivity contribution in [1.82, 2.24) is 14.8 Å². The van der Waals surface area contributed by atoms with Crippen LogP contribution in [0.25, 0.3) is 0 Å². The molecule has 0 aliphatic carbocycles. The number of hydrogen-bond donors (Lipinski definition) is 0. The lowest BCUT2D eigenvalue weighted by Crippen LogP contribution is -2.49. The number of nitrogens with zero attached hydrogens (tertiary/aromatic N) is 3. The maximum absolute atomic E-state index is 13.9. The van der Waals surface area contributed by atoms with Gasteiger partial charge in [0.15, 0.2) is 0 Å². The van der Waals surface area contributed by atoms with Gasteiger partial charge in [-0.1, -0.05) is 6.07 Å². The van der Waals surface area contributed by atoms with Crippen molar-refractivity contribution < 1.29 is 18.0 Å². The van der Waals surface area contributed by atoms with E-state index in [-0.39, 0.29) is 17.5 Å². The van der Waals surface area contributed by atoms with Crippen molar-refractivity contribution >= 4 is 5.91 Å². The summed E-state index contributed by atoms with van der Waals surface area (Å²) in [4.78, 5) is 19.5. The molecule has 3 rings (SSSR count). The second kappa shape index (κ2) is 7.23. The zero-order valence-electron chi connectivity index (χ0n) is 13.8. The van der Waals surface area contributed by atoms with E-state index in [4.69, 9.17) is 0 Å². The van der Waals surface area contributed by atoms with Crippen LogP contribution in [0.15, 0.2) is 36.5 Å². The number of piperazine rings is 1. The summed E-state index contributed by atoms with van der Waals surface area (Å²) in [7, 11) is 0.